The van der Waals surface area contributed by atoms with Crippen LogP contribution in [0.2, 0.25) is 5.02 Å². The third kappa shape index (κ3) is 2.88. The maximum atomic E-state index is 6.15. The van der Waals surface area contributed by atoms with Gasteiger partial charge in [0.25, 0.3) is 0 Å². The highest BCUT2D eigenvalue weighted by Gasteiger charge is 2.29. The first-order valence-electron chi connectivity index (χ1n) is 7.05. The fourth-order valence-corrected chi connectivity index (χ4v) is 3.21. The highest BCUT2D eigenvalue weighted by atomic mass is 35.5. The number of likely N-dealkylation sites (tertiary alicyclic amines) is 1. The number of nitrogens with two attached hydrogens (primary N) is 1. The Balaban J connectivity index is 1.59. The van der Waals surface area contributed by atoms with Crippen LogP contribution in [0, 0.1) is 5.92 Å². The summed E-state index contributed by atoms with van der Waals surface area (Å²) in [6, 6.07) is 6.18. The fraction of sp³-hybridized carbons (Fsp3) is 0.600. The van der Waals surface area contributed by atoms with Crippen LogP contribution in [0.25, 0.3) is 0 Å². The number of benzene rings is 1. The summed E-state index contributed by atoms with van der Waals surface area (Å²) < 4.78 is 5.99. The molecule has 0 aliphatic carbocycles. The topological polar surface area (TPSA) is 38.5 Å². The number of ether oxygens (including phenoxy) is 1. The molecule has 0 radical (unpaired) electrons. The number of piperidine rings is 1. The number of nitrogens with zero attached hydrogens (tertiary/aromatic N) is 1. The molecule has 1 fully saturated rings. The first-order chi connectivity index (χ1) is 9.11. The zero-order valence-corrected chi connectivity index (χ0v) is 12.1. The Morgan fingerprint density at radius 3 is 3.11 bits per heavy atom. The number of rotatable bonds is 2. The van der Waals surface area contributed by atoms with Crippen molar-refractivity contribution in [3.8, 4) is 5.75 Å². The molecule has 2 aliphatic rings. The lowest BCUT2D eigenvalue weighted by Crippen LogP contribution is -2.50. The van der Waals surface area contributed by atoms with E-state index in [0.717, 1.165) is 36.8 Å². The summed E-state index contributed by atoms with van der Waals surface area (Å²) in [6.07, 6.45) is 2.39. The third-order valence-electron chi connectivity index (χ3n) is 4.33. The molecule has 3 nitrogen and oxygen atoms in total. The monoisotopic (exact) mass is 280 g/mol. The molecule has 0 spiro atoms. The largest absolute Gasteiger partial charge is 0.488 e. The van der Waals surface area contributed by atoms with E-state index >= 15 is 0 Å². The van der Waals surface area contributed by atoms with Crippen LogP contribution in [-0.2, 0) is 6.42 Å². The van der Waals surface area contributed by atoms with E-state index in [2.05, 4.69) is 11.8 Å². The summed E-state index contributed by atoms with van der Waals surface area (Å²) in [7, 11) is 0. The maximum Gasteiger partial charge on any atom is 0.123 e. The first-order valence-corrected chi connectivity index (χ1v) is 7.42. The fourth-order valence-electron chi connectivity index (χ4n) is 3.01. The van der Waals surface area contributed by atoms with Gasteiger partial charge < -0.3 is 10.5 Å². The van der Waals surface area contributed by atoms with Crippen LogP contribution in [0.3, 0.4) is 0 Å². The molecular weight excluding hydrogens is 260 g/mol. The van der Waals surface area contributed by atoms with E-state index in [0.29, 0.717) is 12.0 Å². The molecule has 0 saturated carbocycles. The second-order valence-electron chi connectivity index (χ2n) is 5.89. The summed E-state index contributed by atoms with van der Waals surface area (Å²) in [5.74, 6) is 1.63. The van der Waals surface area contributed by atoms with E-state index in [9.17, 15) is 0 Å². The van der Waals surface area contributed by atoms with Crippen LogP contribution < -0.4 is 10.5 Å². The number of fused-ring (bicyclic) bond motifs is 1. The molecular formula is C15H21ClN2O. The van der Waals surface area contributed by atoms with Crippen molar-refractivity contribution < 1.29 is 4.74 Å². The van der Waals surface area contributed by atoms with E-state index in [1.807, 2.05) is 18.2 Å². The summed E-state index contributed by atoms with van der Waals surface area (Å²) in [6.45, 7) is 5.32. The van der Waals surface area contributed by atoms with Gasteiger partial charge in [-0.1, -0.05) is 18.5 Å². The van der Waals surface area contributed by atoms with Crippen molar-refractivity contribution in [2.75, 3.05) is 19.6 Å². The number of halogens is 1. The molecule has 1 saturated heterocycles. The van der Waals surface area contributed by atoms with Gasteiger partial charge in [0.2, 0.25) is 0 Å². The molecule has 1 aromatic carbocycles. The Labute approximate surface area is 119 Å². The van der Waals surface area contributed by atoms with E-state index in [1.165, 1.54) is 12.0 Å². The number of hydrogen-bond acceptors (Lipinski definition) is 3. The summed E-state index contributed by atoms with van der Waals surface area (Å²) in [5.41, 5.74) is 7.38. The second-order valence-corrected chi connectivity index (χ2v) is 6.32. The number of hydrogen-bond donors (Lipinski definition) is 1. The minimum atomic E-state index is 0.245. The smallest absolute Gasteiger partial charge is 0.123 e. The molecule has 4 heteroatoms. The summed E-state index contributed by atoms with van der Waals surface area (Å²) >= 11 is 6.02. The van der Waals surface area contributed by atoms with E-state index in [-0.39, 0.29) is 6.10 Å². The Morgan fingerprint density at radius 2 is 2.32 bits per heavy atom. The van der Waals surface area contributed by atoms with Crippen molar-refractivity contribution in [1.29, 1.82) is 0 Å². The molecule has 1 aromatic rings. The Kier molecular flexibility index (Phi) is 3.70. The molecule has 0 bridgehead atoms. The van der Waals surface area contributed by atoms with Crippen LogP contribution in [0.5, 0.6) is 5.75 Å². The molecule has 2 aliphatic heterocycles. The van der Waals surface area contributed by atoms with Crippen molar-refractivity contribution in [3.63, 3.8) is 0 Å². The van der Waals surface area contributed by atoms with Crippen LogP contribution in [0.15, 0.2) is 18.2 Å². The second kappa shape index (κ2) is 5.31. The van der Waals surface area contributed by atoms with Gasteiger partial charge in [-0.3, -0.25) is 4.90 Å². The van der Waals surface area contributed by atoms with Crippen molar-refractivity contribution in [1.82, 2.24) is 4.90 Å². The summed E-state index contributed by atoms with van der Waals surface area (Å²) in [5, 5.41) is 0.789. The maximum absolute atomic E-state index is 6.15. The molecule has 0 aromatic heterocycles. The zero-order valence-electron chi connectivity index (χ0n) is 11.3. The van der Waals surface area contributed by atoms with Gasteiger partial charge in [-0.2, -0.15) is 0 Å². The average Bonchev–Trinajstić information content (AvgIpc) is 2.75. The van der Waals surface area contributed by atoms with Gasteiger partial charge in [-0.25, -0.2) is 0 Å². The SMILES string of the molecule is CC1CCN(CC2Cc3cc(Cl)ccc3O2)CC1N. The van der Waals surface area contributed by atoms with Gasteiger partial charge >= 0.3 is 0 Å². The van der Waals surface area contributed by atoms with E-state index in [4.69, 9.17) is 22.1 Å². The Hall–Kier alpha value is -0.770. The summed E-state index contributed by atoms with van der Waals surface area (Å²) in [4.78, 5) is 2.43. The van der Waals surface area contributed by atoms with Gasteiger partial charge in [-0.15, -0.1) is 0 Å². The minimum Gasteiger partial charge on any atom is -0.488 e. The third-order valence-corrected chi connectivity index (χ3v) is 4.56. The lowest BCUT2D eigenvalue weighted by atomic mass is 9.94. The molecule has 3 atom stereocenters. The highest BCUT2D eigenvalue weighted by Crippen LogP contribution is 2.31. The quantitative estimate of drug-likeness (QED) is 0.904. The van der Waals surface area contributed by atoms with Gasteiger partial charge in [0.15, 0.2) is 0 Å². The van der Waals surface area contributed by atoms with Gasteiger partial charge in [-0.05, 0) is 42.6 Å². The molecule has 104 valence electrons. The molecule has 0 amide bonds. The van der Waals surface area contributed by atoms with E-state index in [1.54, 1.807) is 0 Å². The molecule has 3 unspecified atom stereocenters. The standard InChI is InChI=1S/C15H21ClN2O/c1-10-4-5-18(9-14(10)17)8-13-7-11-6-12(16)2-3-15(11)19-13/h2-3,6,10,13-14H,4-5,7-9,17H2,1H3. The molecule has 19 heavy (non-hydrogen) atoms. The predicted molar refractivity (Wildman–Crippen MR) is 77.8 cm³/mol. The lowest BCUT2D eigenvalue weighted by molar-refractivity contribution is 0.109. The average molecular weight is 281 g/mol. The Morgan fingerprint density at radius 1 is 1.47 bits per heavy atom. The molecule has 3 rings (SSSR count). The normalized spacial score (nSPS) is 31.0. The molecule has 2 N–H and O–H groups in total. The van der Waals surface area contributed by atoms with Crippen LogP contribution in [-0.4, -0.2) is 36.7 Å². The van der Waals surface area contributed by atoms with Crippen LogP contribution in [0.4, 0.5) is 0 Å². The van der Waals surface area contributed by atoms with Crippen molar-refractivity contribution in [2.45, 2.75) is 31.9 Å². The van der Waals surface area contributed by atoms with Crippen LogP contribution in [0.1, 0.15) is 18.9 Å². The van der Waals surface area contributed by atoms with Gasteiger partial charge in [0, 0.05) is 30.6 Å². The first kappa shape index (κ1) is 13.2. The van der Waals surface area contributed by atoms with Crippen molar-refractivity contribution in [2.24, 2.45) is 11.7 Å². The van der Waals surface area contributed by atoms with Crippen molar-refractivity contribution >= 4 is 11.6 Å². The van der Waals surface area contributed by atoms with Gasteiger partial charge in [0.05, 0.1) is 0 Å². The predicted octanol–water partition coefficient (Wildman–Crippen LogP) is 2.31. The van der Waals surface area contributed by atoms with Crippen LogP contribution >= 0.6 is 11.6 Å². The minimum absolute atomic E-state index is 0.245. The molecule has 2 heterocycles. The lowest BCUT2D eigenvalue weighted by Gasteiger charge is -2.36. The van der Waals surface area contributed by atoms with E-state index < -0.39 is 0 Å². The Bertz CT molecular complexity index is 465. The highest BCUT2D eigenvalue weighted by molar-refractivity contribution is 6.30. The van der Waals surface area contributed by atoms with Gasteiger partial charge in [0.1, 0.15) is 11.9 Å². The zero-order chi connectivity index (χ0) is 13.4. The van der Waals surface area contributed by atoms with Crippen molar-refractivity contribution in [3.05, 3.63) is 28.8 Å².